The van der Waals surface area contributed by atoms with Crippen LogP contribution < -0.4 is 10.8 Å². The Morgan fingerprint density at radius 3 is 2.41 bits per heavy atom. The fourth-order valence-electron chi connectivity index (χ4n) is 3.93. The molecule has 1 aromatic rings. The van der Waals surface area contributed by atoms with Gasteiger partial charge in [-0.2, -0.15) is 0 Å². The zero-order valence-corrected chi connectivity index (χ0v) is 15.6. The Morgan fingerprint density at radius 2 is 1.78 bits per heavy atom. The molecule has 2 aliphatic rings. The van der Waals surface area contributed by atoms with E-state index in [2.05, 4.69) is 5.32 Å². The summed E-state index contributed by atoms with van der Waals surface area (Å²) in [7, 11) is 0. The van der Waals surface area contributed by atoms with Crippen LogP contribution in [0.4, 0.5) is 0 Å². The highest BCUT2D eigenvalue weighted by molar-refractivity contribution is 5.90. The van der Waals surface area contributed by atoms with Crippen molar-refractivity contribution in [2.45, 2.75) is 69.6 Å². The third kappa shape index (κ3) is 5.17. The van der Waals surface area contributed by atoms with Gasteiger partial charge in [0.15, 0.2) is 0 Å². The van der Waals surface area contributed by atoms with Crippen LogP contribution in [0.5, 0.6) is 0 Å². The number of carbonyl (C=O) groups is 2. The number of hydrogen-bond donors (Lipinski definition) is 3. The Balaban J connectivity index is 1.58. The zero-order chi connectivity index (χ0) is 19.1. The normalized spacial score (nSPS) is 19.4. The van der Waals surface area contributed by atoms with E-state index in [1.165, 1.54) is 6.08 Å². The lowest BCUT2D eigenvalue weighted by Gasteiger charge is -2.29. The fourth-order valence-corrected chi connectivity index (χ4v) is 3.93. The smallest absolute Gasteiger partial charge is 0.326 e. The van der Waals surface area contributed by atoms with Crippen molar-refractivity contribution in [3.63, 3.8) is 0 Å². The van der Waals surface area contributed by atoms with Crippen molar-refractivity contribution in [3.8, 4) is 0 Å². The number of esters is 1. The van der Waals surface area contributed by atoms with Crippen molar-refractivity contribution in [2.75, 3.05) is 0 Å². The van der Waals surface area contributed by atoms with Crippen molar-refractivity contribution in [3.05, 3.63) is 41.5 Å². The van der Waals surface area contributed by atoms with Gasteiger partial charge in [0.1, 0.15) is 11.6 Å². The molecule has 27 heavy (non-hydrogen) atoms. The van der Waals surface area contributed by atoms with Crippen LogP contribution in [-0.2, 0) is 20.9 Å². The van der Waals surface area contributed by atoms with Gasteiger partial charge in [-0.25, -0.2) is 5.48 Å². The molecule has 6 nitrogen and oxygen atoms in total. The lowest BCUT2D eigenvalue weighted by molar-refractivity contribution is -0.157. The lowest BCUT2D eigenvalue weighted by Crippen LogP contribution is -2.51. The molecule has 0 aromatic heterocycles. The molecule has 6 heteroatoms. The van der Waals surface area contributed by atoms with Gasteiger partial charge in [0, 0.05) is 12.6 Å². The quantitative estimate of drug-likeness (QED) is 0.296. The Hall–Kier alpha value is -2.18. The standard InChI is InChI=1S/C21H28N2O4/c24-19(23-26)12-11-16-7-9-17(10-8-16)15-22-21(13-3-4-14-21)20(25)27-18-5-1-2-6-18/h7-12,18,22,26H,1-6,13-15H2,(H,23,24). The number of nitrogens with one attached hydrogen (secondary N) is 2. The Morgan fingerprint density at radius 1 is 1.11 bits per heavy atom. The van der Waals surface area contributed by atoms with E-state index >= 15 is 0 Å². The summed E-state index contributed by atoms with van der Waals surface area (Å²) in [6.45, 7) is 0.598. The molecule has 2 fully saturated rings. The second-order valence-corrected chi connectivity index (χ2v) is 7.51. The fraction of sp³-hybridized carbons (Fsp3) is 0.524. The topological polar surface area (TPSA) is 87.7 Å². The van der Waals surface area contributed by atoms with Crippen molar-refractivity contribution in [1.29, 1.82) is 0 Å². The summed E-state index contributed by atoms with van der Waals surface area (Å²) in [5.74, 6) is -0.647. The van der Waals surface area contributed by atoms with E-state index in [9.17, 15) is 9.59 Å². The third-order valence-corrected chi connectivity index (χ3v) is 5.57. The molecule has 1 amide bonds. The number of carbonyl (C=O) groups excluding carboxylic acids is 2. The minimum absolute atomic E-state index is 0.0820. The van der Waals surface area contributed by atoms with Crippen LogP contribution >= 0.6 is 0 Å². The molecule has 3 rings (SSSR count). The van der Waals surface area contributed by atoms with Crippen LogP contribution in [0.1, 0.15) is 62.5 Å². The van der Waals surface area contributed by atoms with Crippen molar-refractivity contribution >= 4 is 18.0 Å². The highest BCUT2D eigenvalue weighted by atomic mass is 16.5. The Bertz CT molecular complexity index is 672. The molecule has 0 bridgehead atoms. The number of benzene rings is 1. The number of hydroxylamine groups is 1. The Kier molecular flexibility index (Phi) is 6.63. The largest absolute Gasteiger partial charge is 0.461 e. The first kappa shape index (κ1) is 19.6. The Labute approximate surface area is 159 Å². The maximum absolute atomic E-state index is 12.8. The monoisotopic (exact) mass is 372 g/mol. The minimum Gasteiger partial charge on any atom is -0.461 e. The molecule has 0 spiro atoms. The van der Waals surface area contributed by atoms with E-state index in [0.29, 0.717) is 6.54 Å². The van der Waals surface area contributed by atoms with Crippen molar-refractivity contribution in [1.82, 2.24) is 10.8 Å². The van der Waals surface area contributed by atoms with Crippen LogP contribution in [-0.4, -0.2) is 28.7 Å². The second-order valence-electron chi connectivity index (χ2n) is 7.51. The van der Waals surface area contributed by atoms with Gasteiger partial charge < -0.3 is 4.74 Å². The average molecular weight is 372 g/mol. The predicted molar refractivity (Wildman–Crippen MR) is 102 cm³/mol. The average Bonchev–Trinajstić information content (AvgIpc) is 3.38. The summed E-state index contributed by atoms with van der Waals surface area (Å²) in [4.78, 5) is 23.8. The summed E-state index contributed by atoms with van der Waals surface area (Å²) in [6, 6.07) is 7.73. The first-order valence-electron chi connectivity index (χ1n) is 9.78. The molecule has 0 radical (unpaired) electrons. The summed E-state index contributed by atoms with van der Waals surface area (Å²) in [5, 5.41) is 12.0. The number of ether oxygens (including phenoxy) is 1. The van der Waals surface area contributed by atoms with Gasteiger partial charge in [0.2, 0.25) is 0 Å². The predicted octanol–water partition coefficient (Wildman–Crippen LogP) is 3.09. The molecule has 2 aliphatic carbocycles. The number of amides is 1. The van der Waals surface area contributed by atoms with Gasteiger partial charge in [-0.1, -0.05) is 37.1 Å². The molecular weight excluding hydrogens is 344 g/mol. The highest BCUT2D eigenvalue weighted by Gasteiger charge is 2.43. The zero-order valence-electron chi connectivity index (χ0n) is 15.6. The lowest BCUT2D eigenvalue weighted by atomic mass is 9.97. The van der Waals surface area contributed by atoms with Crippen molar-refractivity contribution < 1.29 is 19.5 Å². The van der Waals surface area contributed by atoms with Crippen LogP contribution in [0.3, 0.4) is 0 Å². The summed E-state index contributed by atoms with van der Waals surface area (Å²) >= 11 is 0. The van der Waals surface area contributed by atoms with Gasteiger partial charge >= 0.3 is 5.97 Å². The van der Waals surface area contributed by atoms with E-state index in [-0.39, 0.29) is 12.1 Å². The van der Waals surface area contributed by atoms with E-state index in [1.807, 2.05) is 24.3 Å². The number of hydrogen-bond acceptors (Lipinski definition) is 5. The maximum Gasteiger partial charge on any atom is 0.326 e. The summed E-state index contributed by atoms with van der Waals surface area (Å²) in [5.41, 5.74) is 2.93. The molecular formula is C21H28N2O4. The maximum atomic E-state index is 12.8. The van der Waals surface area contributed by atoms with E-state index in [0.717, 1.165) is 62.5 Å². The molecule has 0 saturated heterocycles. The van der Waals surface area contributed by atoms with Crippen LogP contribution in [0, 0.1) is 0 Å². The molecule has 146 valence electrons. The van der Waals surface area contributed by atoms with Crippen LogP contribution in [0.2, 0.25) is 0 Å². The number of rotatable bonds is 7. The van der Waals surface area contributed by atoms with Gasteiger partial charge in [0.25, 0.3) is 5.91 Å². The van der Waals surface area contributed by atoms with Gasteiger partial charge in [-0.15, -0.1) is 0 Å². The molecule has 0 unspecified atom stereocenters. The molecule has 0 atom stereocenters. The van der Waals surface area contributed by atoms with Crippen LogP contribution in [0.15, 0.2) is 30.3 Å². The van der Waals surface area contributed by atoms with Gasteiger partial charge in [-0.3, -0.25) is 20.1 Å². The van der Waals surface area contributed by atoms with Crippen LogP contribution in [0.25, 0.3) is 6.08 Å². The third-order valence-electron chi connectivity index (χ3n) is 5.57. The summed E-state index contributed by atoms with van der Waals surface area (Å²) in [6.07, 6.45) is 11.0. The summed E-state index contributed by atoms with van der Waals surface area (Å²) < 4.78 is 5.80. The first-order valence-corrected chi connectivity index (χ1v) is 9.78. The van der Waals surface area contributed by atoms with Gasteiger partial charge in [0.05, 0.1) is 0 Å². The first-order chi connectivity index (χ1) is 13.1. The van der Waals surface area contributed by atoms with E-state index < -0.39 is 11.4 Å². The molecule has 1 aromatic carbocycles. The molecule has 0 aliphatic heterocycles. The second kappa shape index (κ2) is 9.15. The molecule has 3 N–H and O–H groups in total. The van der Waals surface area contributed by atoms with E-state index in [1.54, 1.807) is 11.6 Å². The minimum atomic E-state index is -0.565. The van der Waals surface area contributed by atoms with Crippen molar-refractivity contribution in [2.24, 2.45) is 0 Å². The molecule has 2 saturated carbocycles. The van der Waals surface area contributed by atoms with E-state index in [4.69, 9.17) is 9.94 Å². The SMILES string of the molecule is O=C(C=Cc1ccc(CNC2(C(=O)OC3CCCC3)CCCC2)cc1)NO. The highest BCUT2D eigenvalue weighted by Crippen LogP contribution is 2.33. The van der Waals surface area contributed by atoms with Gasteiger partial charge in [-0.05, 0) is 55.7 Å². The molecule has 0 heterocycles.